The van der Waals surface area contributed by atoms with Crippen molar-refractivity contribution in [3.05, 3.63) is 0 Å². The summed E-state index contributed by atoms with van der Waals surface area (Å²) < 4.78 is 10.1. The van der Waals surface area contributed by atoms with Gasteiger partial charge >= 0.3 is 0 Å². The second-order valence-electron chi connectivity index (χ2n) is 4.06. The zero-order valence-electron chi connectivity index (χ0n) is 9.83. The standard InChI is InChI=1S/C12H24O2S/c1-2-3-4-5-6-7-8-9-10-11-12(13)15-14/h13H,2-11H2,1H3. The SMILES string of the molecule is CCCCCCCCCCCC(O)=S=O. The summed E-state index contributed by atoms with van der Waals surface area (Å²) in [5, 5.41) is 8.96. The van der Waals surface area contributed by atoms with Gasteiger partial charge in [0.25, 0.3) is 0 Å². The van der Waals surface area contributed by atoms with Gasteiger partial charge in [-0.1, -0.05) is 58.3 Å². The van der Waals surface area contributed by atoms with Crippen LogP contribution in [0.5, 0.6) is 0 Å². The van der Waals surface area contributed by atoms with Crippen LogP contribution in [0.3, 0.4) is 0 Å². The van der Waals surface area contributed by atoms with Gasteiger partial charge in [-0.15, -0.1) is 0 Å². The van der Waals surface area contributed by atoms with Gasteiger partial charge in [0, 0.05) is 6.42 Å². The number of hydrogen-bond acceptors (Lipinski definition) is 1. The number of aliphatic hydroxyl groups is 1. The molecule has 0 aliphatic heterocycles. The summed E-state index contributed by atoms with van der Waals surface area (Å²) >= 11 is 0.224. The third-order valence-electron chi connectivity index (χ3n) is 2.59. The van der Waals surface area contributed by atoms with E-state index in [0.29, 0.717) is 6.42 Å². The second-order valence-corrected chi connectivity index (χ2v) is 4.69. The Morgan fingerprint density at radius 1 is 0.933 bits per heavy atom. The minimum absolute atomic E-state index is 0.0398. The highest BCUT2D eigenvalue weighted by molar-refractivity contribution is 7.66. The summed E-state index contributed by atoms with van der Waals surface area (Å²) in [5.41, 5.74) is 0. The average molecular weight is 232 g/mol. The third-order valence-corrected chi connectivity index (χ3v) is 2.99. The summed E-state index contributed by atoms with van der Waals surface area (Å²) in [6.45, 7) is 2.23. The molecular formula is C12H24O2S. The highest BCUT2D eigenvalue weighted by Crippen LogP contribution is 2.10. The Labute approximate surface area is 97.2 Å². The lowest BCUT2D eigenvalue weighted by molar-refractivity contribution is 0.526. The van der Waals surface area contributed by atoms with Crippen molar-refractivity contribution in [2.45, 2.75) is 71.1 Å². The van der Waals surface area contributed by atoms with Crippen LogP contribution in [-0.2, 0) is 11.3 Å². The lowest BCUT2D eigenvalue weighted by atomic mass is 10.1. The van der Waals surface area contributed by atoms with E-state index in [1.165, 1.54) is 44.9 Å². The van der Waals surface area contributed by atoms with Crippen LogP contribution in [-0.4, -0.2) is 14.4 Å². The number of unbranched alkanes of at least 4 members (excludes halogenated alkanes) is 8. The van der Waals surface area contributed by atoms with Crippen molar-refractivity contribution in [3.63, 3.8) is 0 Å². The van der Waals surface area contributed by atoms with Gasteiger partial charge in [-0.25, -0.2) is 4.21 Å². The van der Waals surface area contributed by atoms with Crippen molar-refractivity contribution in [2.24, 2.45) is 0 Å². The van der Waals surface area contributed by atoms with E-state index < -0.39 is 0 Å². The van der Waals surface area contributed by atoms with Crippen LogP contribution < -0.4 is 0 Å². The molecule has 0 aromatic heterocycles. The van der Waals surface area contributed by atoms with Crippen LogP contribution in [0.2, 0.25) is 0 Å². The van der Waals surface area contributed by atoms with E-state index in [1.54, 1.807) is 0 Å². The van der Waals surface area contributed by atoms with Crippen LogP contribution in [0, 0.1) is 0 Å². The van der Waals surface area contributed by atoms with Crippen molar-refractivity contribution in [1.29, 1.82) is 0 Å². The van der Waals surface area contributed by atoms with Gasteiger partial charge in [-0.3, -0.25) is 0 Å². The Hall–Kier alpha value is -0.150. The van der Waals surface area contributed by atoms with Crippen molar-refractivity contribution in [1.82, 2.24) is 0 Å². The normalized spacial score (nSPS) is 10.3. The first-order valence-corrected chi connectivity index (χ1v) is 6.90. The molecule has 0 atom stereocenters. The number of hydrogen-bond donors (Lipinski definition) is 1. The maximum Gasteiger partial charge on any atom is 0.142 e. The number of aliphatic hydroxyl groups excluding tert-OH is 1. The minimum atomic E-state index is 0.0398. The molecule has 1 N–H and O–H groups in total. The molecule has 0 radical (unpaired) electrons. The zero-order chi connectivity index (χ0) is 11.4. The first kappa shape index (κ1) is 14.8. The van der Waals surface area contributed by atoms with E-state index in [9.17, 15) is 4.21 Å². The lowest BCUT2D eigenvalue weighted by Gasteiger charge is -2.00. The summed E-state index contributed by atoms with van der Waals surface area (Å²) in [7, 11) is 0. The smallest absolute Gasteiger partial charge is 0.142 e. The Balaban J connectivity index is 3.02. The fourth-order valence-corrected chi connectivity index (χ4v) is 1.86. The van der Waals surface area contributed by atoms with E-state index in [2.05, 4.69) is 6.92 Å². The summed E-state index contributed by atoms with van der Waals surface area (Å²) in [6.07, 6.45) is 12.0. The lowest BCUT2D eigenvalue weighted by Crippen LogP contribution is -1.94. The van der Waals surface area contributed by atoms with E-state index in [1.807, 2.05) is 0 Å². The molecule has 0 unspecified atom stereocenters. The fourth-order valence-electron chi connectivity index (χ4n) is 1.63. The first-order chi connectivity index (χ1) is 7.31. The van der Waals surface area contributed by atoms with Gasteiger partial charge < -0.3 is 5.11 Å². The van der Waals surface area contributed by atoms with Crippen molar-refractivity contribution >= 4 is 16.3 Å². The molecule has 0 aliphatic carbocycles. The van der Waals surface area contributed by atoms with E-state index in [0.717, 1.165) is 12.8 Å². The average Bonchev–Trinajstić information content (AvgIpc) is 2.26. The molecule has 0 aliphatic rings. The fraction of sp³-hybridized carbons (Fsp3) is 0.917. The topological polar surface area (TPSA) is 37.3 Å². The number of rotatable bonds is 10. The van der Waals surface area contributed by atoms with Crippen LogP contribution in [0.4, 0.5) is 0 Å². The molecule has 0 aromatic rings. The Morgan fingerprint density at radius 3 is 1.87 bits per heavy atom. The summed E-state index contributed by atoms with van der Waals surface area (Å²) in [4.78, 5) is 0. The van der Waals surface area contributed by atoms with Gasteiger partial charge in [0.2, 0.25) is 0 Å². The van der Waals surface area contributed by atoms with Gasteiger partial charge in [-0.2, -0.15) is 0 Å². The molecule has 2 nitrogen and oxygen atoms in total. The van der Waals surface area contributed by atoms with Crippen LogP contribution in [0.15, 0.2) is 0 Å². The largest absolute Gasteiger partial charge is 0.353 e. The van der Waals surface area contributed by atoms with Gasteiger partial charge in [0.15, 0.2) is 0 Å². The molecule has 0 rings (SSSR count). The predicted molar refractivity (Wildman–Crippen MR) is 67.6 cm³/mol. The molecule has 0 bridgehead atoms. The molecule has 0 heterocycles. The van der Waals surface area contributed by atoms with Gasteiger partial charge in [0.1, 0.15) is 16.3 Å². The van der Waals surface area contributed by atoms with Crippen LogP contribution >= 0.6 is 0 Å². The van der Waals surface area contributed by atoms with Crippen molar-refractivity contribution < 1.29 is 9.32 Å². The molecule has 90 valence electrons. The monoisotopic (exact) mass is 232 g/mol. The molecule has 0 amide bonds. The van der Waals surface area contributed by atoms with Crippen LogP contribution in [0.1, 0.15) is 71.1 Å². The molecule has 0 fully saturated rings. The van der Waals surface area contributed by atoms with E-state index in [-0.39, 0.29) is 16.3 Å². The molecule has 0 aromatic carbocycles. The highest BCUT2D eigenvalue weighted by atomic mass is 32.1. The van der Waals surface area contributed by atoms with Gasteiger partial charge in [-0.05, 0) is 6.42 Å². The van der Waals surface area contributed by atoms with Gasteiger partial charge in [0.05, 0.1) is 0 Å². The Morgan fingerprint density at radius 2 is 1.40 bits per heavy atom. The summed E-state index contributed by atoms with van der Waals surface area (Å²) in [5.74, 6) is 0. The second kappa shape index (κ2) is 11.9. The molecular weight excluding hydrogens is 208 g/mol. The quantitative estimate of drug-likeness (QED) is 0.459. The van der Waals surface area contributed by atoms with Crippen molar-refractivity contribution in [2.75, 3.05) is 0 Å². The van der Waals surface area contributed by atoms with E-state index in [4.69, 9.17) is 5.11 Å². The minimum Gasteiger partial charge on any atom is -0.353 e. The molecule has 0 spiro atoms. The van der Waals surface area contributed by atoms with Crippen molar-refractivity contribution in [3.8, 4) is 0 Å². The molecule has 3 heteroatoms. The zero-order valence-corrected chi connectivity index (χ0v) is 10.7. The first-order valence-electron chi connectivity index (χ1n) is 6.16. The van der Waals surface area contributed by atoms with E-state index >= 15 is 0 Å². The Bertz CT molecular complexity index is 186. The molecule has 0 saturated carbocycles. The van der Waals surface area contributed by atoms with Crippen LogP contribution in [0.25, 0.3) is 0 Å². The molecule has 15 heavy (non-hydrogen) atoms. The maximum absolute atomic E-state index is 10.1. The predicted octanol–water partition coefficient (Wildman–Crippen LogP) is 3.81. The molecule has 0 saturated heterocycles. The third kappa shape index (κ3) is 11.8. The highest BCUT2D eigenvalue weighted by Gasteiger charge is 1.94. The maximum atomic E-state index is 10.1. The summed E-state index contributed by atoms with van der Waals surface area (Å²) in [6, 6.07) is 0. The Kier molecular flexibility index (Phi) is 11.8.